The Morgan fingerprint density at radius 3 is 2.71 bits per heavy atom. The van der Waals surface area contributed by atoms with Crippen molar-refractivity contribution in [2.75, 3.05) is 13.7 Å². The minimum Gasteiger partial charge on any atom is -0.460 e. The van der Waals surface area contributed by atoms with E-state index in [1.54, 1.807) is 19.2 Å². The molecule has 0 saturated heterocycles. The van der Waals surface area contributed by atoms with Gasteiger partial charge in [0.1, 0.15) is 5.76 Å². The summed E-state index contributed by atoms with van der Waals surface area (Å²) in [6.07, 6.45) is 0.625. The lowest BCUT2D eigenvalue weighted by Crippen LogP contribution is -2.25. The Hall–Kier alpha value is -1.33. The monoisotopic (exact) mass is 241 g/mol. The molecule has 0 aliphatic rings. The van der Waals surface area contributed by atoms with E-state index in [0.717, 1.165) is 0 Å². The van der Waals surface area contributed by atoms with E-state index in [-0.39, 0.29) is 17.9 Å². The number of carbonyl (C=O) groups excluding carboxylic acids is 1. The largest absolute Gasteiger partial charge is 0.460 e. The summed E-state index contributed by atoms with van der Waals surface area (Å²) in [6.45, 7) is 4.42. The van der Waals surface area contributed by atoms with Crippen molar-refractivity contribution < 1.29 is 18.7 Å². The highest BCUT2D eigenvalue weighted by atomic mass is 16.5. The Balaban J connectivity index is 2.40. The standard InChI is InChI=1S/C12H19NO4/c1-12(2,15-3)6-7-16-11(14)10-5-4-9(8-13)17-10/h4-5H,6-8,13H2,1-3H3. The van der Waals surface area contributed by atoms with Gasteiger partial charge in [0.25, 0.3) is 0 Å². The number of methoxy groups -OCH3 is 1. The van der Waals surface area contributed by atoms with Crippen LogP contribution in [0.3, 0.4) is 0 Å². The lowest BCUT2D eigenvalue weighted by Gasteiger charge is -2.22. The number of rotatable bonds is 6. The van der Waals surface area contributed by atoms with E-state index in [9.17, 15) is 4.79 Å². The summed E-state index contributed by atoms with van der Waals surface area (Å²) >= 11 is 0. The van der Waals surface area contributed by atoms with Crippen molar-refractivity contribution in [2.24, 2.45) is 5.73 Å². The summed E-state index contributed by atoms with van der Waals surface area (Å²) in [7, 11) is 1.63. The van der Waals surface area contributed by atoms with Crippen molar-refractivity contribution in [1.82, 2.24) is 0 Å². The maximum atomic E-state index is 11.6. The predicted molar refractivity (Wildman–Crippen MR) is 62.6 cm³/mol. The zero-order valence-electron chi connectivity index (χ0n) is 10.5. The molecule has 5 nitrogen and oxygen atoms in total. The summed E-state index contributed by atoms with van der Waals surface area (Å²) in [5.74, 6) is 0.270. The van der Waals surface area contributed by atoms with E-state index in [1.165, 1.54) is 0 Å². The van der Waals surface area contributed by atoms with Gasteiger partial charge in [0.2, 0.25) is 5.76 Å². The van der Waals surface area contributed by atoms with Crippen LogP contribution in [0.2, 0.25) is 0 Å². The van der Waals surface area contributed by atoms with Crippen LogP contribution in [0.4, 0.5) is 0 Å². The number of ether oxygens (including phenoxy) is 2. The fourth-order valence-electron chi connectivity index (χ4n) is 1.16. The Bertz CT molecular complexity index is 370. The van der Waals surface area contributed by atoms with Crippen LogP contribution in [0.5, 0.6) is 0 Å². The van der Waals surface area contributed by atoms with Crippen LogP contribution in [0.1, 0.15) is 36.6 Å². The molecule has 17 heavy (non-hydrogen) atoms. The first-order valence-corrected chi connectivity index (χ1v) is 5.49. The number of esters is 1. The minimum atomic E-state index is -0.475. The Morgan fingerprint density at radius 1 is 1.47 bits per heavy atom. The third kappa shape index (κ3) is 4.20. The van der Waals surface area contributed by atoms with Crippen molar-refractivity contribution in [3.63, 3.8) is 0 Å². The molecule has 96 valence electrons. The van der Waals surface area contributed by atoms with Crippen molar-refractivity contribution in [2.45, 2.75) is 32.4 Å². The molecular weight excluding hydrogens is 222 g/mol. The Morgan fingerprint density at radius 2 is 2.18 bits per heavy atom. The molecule has 1 aromatic heterocycles. The molecule has 2 N–H and O–H groups in total. The molecule has 0 aliphatic carbocycles. The third-order valence-corrected chi connectivity index (χ3v) is 2.55. The van der Waals surface area contributed by atoms with Crippen LogP contribution in [-0.4, -0.2) is 25.3 Å². The first-order chi connectivity index (χ1) is 7.98. The van der Waals surface area contributed by atoms with Gasteiger partial charge in [-0.1, -0.05) is 0 Å². The Kier molecular flexibility index (Phi) is 4.72. The van der Waals surface area contributed by atoms with Crippen LogP contribution >= 0.6 is 0 Å². The SMILES string of the molecule is COC(C)(C)CCOC(=O)c1ccc(CN)o1. The molecule has 0 aromatic carbocycles. The molecule has 0 spiro atoms. The van der Waals surface area contributed by atoms with E-state index < -0.39 is 5.97 Å². The van der Waals surface area contributed by atoms with E-state index in [4.69, 9.17) is 19.6 Å². The summed E-state index contributed by atoms with van der Waals surface area (Å²) in [4.78, 5) is 11.6. The van der Waals surface area contributed by atoms with Gasteiger partial charge in [-0.15, -0.1) is 0 Å². The normalized spacial score (nSPS) is 11.5. The maximum Gasteiger partial charge on any atom is 0.374 e. The van der Waals surface area contributed by atoms with Crippen molar-refractivity contribution in [3.8, 4) is 0 Å². The van der Waals surface area contributed by atoms with Crippen molar-refractivity contribution >= 4 is 5.97 Å². The minimum absolute atomic E-state index is 0.181. The molecule has 0 bridgehead atoms. The van der Waals surface area contributed by atoms with Crippen molar-refractivity contribution in [1.29, 1.82) is 0 Å². The number of hydrogen-bond donors (Lipinski definition) is 1. The molecular formula is C12H19NO4. The molecule has 1 heterocycles. The summed E-state index contributed by atoms with van der Waals surface area (Å²) in [5, 5.41) is 0. The van der Waals surface area contributed by atoms with Gasteiger partial charge in [-0.25, -0.2) is 4.79 Å². The number of furan rings is 1. The highest BCUT2D eigenvalue weighted by molar-refractivity contribution is 5.86. The first-order valence-electron chi connectivity index (χ1n) is 5.49. The lowest BCUT2D eigenvalue weighted by atomic mass is 10.1. The highest BCUT2D eigenvalue weighted by Crippen LogP contribution is 2.14. The van der Waals surface area contributed by atoms with Gasteiger partial charge >= 0.3 is 5.97 Å². The van der Waals surface area contributed by atoms with Gasteiger partial charge in [-0.3, -0.25) is 0 Å². The molecule has 0 fully saturated rings. The highest BCUT2D eigenvalue weighted by Gasteiger charge is 2.18. The van der Waals surface area contributed by atoms with Gasteiger partial charge in [0.15, 0.2) is 0 Å². The van der Waals surface area contributed by atoms with Crippen LogP contribution in [0.25, 0.3) is 0 Å². The van der Waals surface area contributed by atoms with Crippen LogP contribution in [0.15, 0.2) is 16.5 Å². The molecule has 1 rings (SSSR count). The smallest absolute Gasteiger partial charge is 0.374 e. The second-order valence-corrected chi connectivity index (χ2v) is 4.32. The molecule has 0 atom stereocenters. The summed E-state index contributed by atoms with van der Waals surface area (Å²) < 4.78 is 15.5. The van der Waals surface area contributed by atoms with Crippen LogP contribution in [-0.2, 0) is 16.0 Å². The molecule has 0 aliphatic heterocycles. The van der Waals surface area contributed by atoms with Gasteiger partial charge in [0, 0.05) is 13.5 Å². The third-order valence-electron chi connectivity index (χ3n) is 2.55. The molecule has 0 unspecified atom stereocenters. The second-order valence-electron chi connectivity index (χ2n) is 4.32. The predicted octanol–water partition coefficient (Wildman–Crippen LogP) is 1.71. The second kappa shape index (κ2) is 5.84. The van der Waals surface area contributed by atoms with Gasteiger partial charge in [-0.2, -0.15) is 0 Å². The van der Waals surface area contributed by atoms with E-state index >= 15 is 0 Å². The quantitative estimate of drug-likeness (QED) is 0.767. The number of carbonyl (C=O) groups is 1. The van der Waals surface area contributed by atoms with E-state index in [0.29, 0.717) is 18.8 Å². The molecule has 1 aromatic rings. The fourth-order valence-corrected chi connectivity index (χ4v) is 1.16. The fraction of sp³-hybridized carbons (Fsp3) is 0.583. The Labute approximate surface area is 101 Å². The number of nitrogens with two attached hydrogens (primary N) is 1. The molecule has 5 heteroatoms. The average Bonchev–Trinajstić information content (AvgIpc) is 2.77. The van der Waals surface area contributed by atoms with E-state index in [1.807, 2.05) is 13.8 Å². The zero-order chi connectivity index (χ0) is 12.9. The molecule has 0 radical (unpaired) electrons. The summed E-state index contributed by atoms with van der Waals surface area (Å²) in [6, 6.07) is 3.22. The summed E-state index contributed by atoms with van der Waals surface area (Å²) in [5.41, 5.74) is 5.08. The van der Waals surface area contributed by atoms with Crippen LogP contribution in [0, 0.1) is 0 Å². The van der Waals surface area contributed by atoms with Crippen molar-refractivity contribution in [3.05, 3.63) is 23.7 Å². The zero-order valence-corrected chi connectivity index (χ0v) is 10.5. The topological polar surface area (TPSA) is 74.7 Å². The first kappa shape index (κ1) is 13.7. The van der Waals surface area contributed by atoms with Gasteiger partial charge in [-0.05, 0) is 26.0 Å². The maximum absolute atomic E-state index is 11.6. The van der Waals surface area contributed by atoms with E-state index in [2.05, 4.69) is 0 Å². The molecule has 0 saturated carbocycles. The van der Waals surface area contributed by atoms with Gasteiger partial charge in [0.05, 0.1) is 18.8 Å². The lowest BCUT2D eigenvalue weighted by molar-refractivity contribution is -0.00656. The van der Waals surface area contributed by atoms with Crippen LogP contribution < -0.4 is 5.73 Å². The average molecular weight is 241 g/mol. The molecule has 0 amide bonds. The number of hydrogen-bond acceptors (Lipinski definition) is 5. The van der Waals surface area contributed by atoms with Gasteiger partial charge < -0.3 is 19.6 Å².